The maximum absolute atomic E-state index is 12.8. The number of thiocarbonyl (C=S) groups is 1. The van der Waals surface area contributed by atoms with Crippen molar-refractivity contribution >= 4 is 57.9 Å². The summed E-state index contributed by atoms with van der Waals surface area (Å²) in [6.45, 7) is 0.629. The number of amides is 1. The summed E-state index contributed by atoms with van der Waals surface area (Å²) in [5.41, 5.74) is 0.812. The zero-order chi connectivity index (χ0) is 23.6. The van der Waals surface area contributed by atoms with Gasteiger partial charge in [0.2, 0.25) is 0 Å². The molecule has 3 rings (SSSR count). The number of carbonyl (C=O) groups is 2. The van der Waals surface area contributed by atoms with Crippen LogP contribution in [0, 0.1) is 0 Å². The second kappa shape index (κ2) is 13.0. The number of carboxylic acids is 1. The number of carbonyl (C=O) groups excluding carboxylic acids is 1. The lowest BCUT2D eigenvalue weighted by atomic mass is 10.1. The molecule has 5 nitrogen and oxygen atoms in total. The van der Waals surface area contributed by atoms with E-state index in [0.717, 1.165) is 56.9 Å². The fourth-order valence-corrected chi connectivity index (χ4v) is 5.18. The van der Waals surface area contributed by atoms with Crippen molar-refractivity contribution < 1.29 is 19.1 Å². The molecule has 8 heteroatoms. The lowest BCUT2D eigenvalue weighted by molar-refractivity contribution is -0.137. The number of unbranched alkanes of at least 4 members (excludes halogenated alkanes) is 7. The van der Waals surface area contributed by atoms with Crippen molar-refractivity contribution in [2.75, 3.05) is 6.54 Å². The van der Waals surface area contributed by atoms with Gasteiger partial charge < -0.3 is 9.52 Å². The molecule has 0 saturated carbocycles. The highest BCUT2D eigenvalue weighted by Crippen LogP contribution is 2.35. The molecule has 2 heterocycles. The summed E-state index contributed by atoms with van der Waals surface area (Å²) in [7, 11) is 0. The predicted octanol–water partition coefficient (Wildman–Crippen LogP) is 7.40. The van der Waals surface area contributed by atoms with Crippen molar-refractivity contribution in [3.63, 3.8) is 0 Å². The maximum Gasteiger partial charge on any atom is 0.303 e. The number of thioether (sulfide) groups is 1. The number of furan rings is 1. The number of rotatable bonds is 13. The van der Waals surface area contributed by atoms with Crippen LogP contribution in [0.5, 0.6) is 0 Å². The number of nitrogens with zero attached hydrogens (tertiary/aromatic N) is 1. The molecule has 176 valence electrons. The molecule has 1 aliphatic heterocycles. The Bertz CT molecular complexity index is 1020. The van der Waals surface area contributed by atoms with Crippen molar-refractivity contribution in [2.45, 2.75) is 57.8 Å². The molecule has 0 aliphatic carbocycles. The molecular formula is C25H28ClNO4S2. The van der Waals surface area contributed by atoms with Crippen LogP contribution in [0.1, 0.15) is 63.5 Å². The third-order valence-electron chi connectivity index (χ3n) is 5.44. The molecule has 0 spiro atoms. The highest BCUT2D eigenvalue weighted by atomic mass is 35.5. The Labute approximate surface area is 209 Å². The van der Waals surface area contributed by atoms with E-state index in [2.05, 4.69) is 0 Å². The molecule has 2 aromatic rings. The molecule has 33 heavy (non-hydrogen) atoms. The maximum atomic E-state index is 12.8. The predicted molar refractivity (Wildman–Crippen MR) is 138 cm³/mol. The fourth-order valence-electron chi connectivity index (χ4n) is 3.66. The van der Waals surface area contributed by atoms with Gasteiger partial charge >= 0.3 is 5.97 Å². The fraction of sp³-hybridized carbons (Fsp3) is 0.400. The zero-order valence-corrected chi connectivity index (χ0v) is 20.8. The van der Waals surface area contributed by atoms with Crippen molar-refractivity contribution in [1.82, 2.24) is 4.90 Å². The Morgan fingerprint density at radius 3 is 2.39 bits per heavy atom. The van der Waals surface area contributed by atoms with E-state index in [1.807, 2.05) is 36.4 Å². The molecule has 1 saturated heterocycles. The van der Waals surface area contributed by atoms with Crippen LogP contribution in [0.2, 0.25) is 5.02 Å². The number of carboxylic acid groups (broad SMARTS) is 1. The summed E-state index contributed by atoms with van der Waals surface area (Å²) < 4.78 is 6.47. The largest absolute Gasteiger partial charge is 0.481 e. The van der Waals surface area contributed by atoms with Gasteiger partial charge in [-0.2, -0.15) is 0 Å². The van der Waals surface area contributed by atoms with Crippen molar-refractivity contribution in [3.05, 3.63) is 52.1 Å². The van der Waals surface area contributed by atoms with E-state index in [1.165, 1.54) is 11.8 Å². The number of benzene rings is 1. The Morgan fingerprint density at radius 2 is 1.70 bits per heavy atom. The van der Waals surface area contributed by atoms with Gasteiger partial charge in [0.1, 0.15) is 15.8 Å². The first-order valence-corrected chi connectivity index (χ1v) is 12.9. The molecule has 0 bridgehead atoms. The third-order valence-corrected chi connectivity index (χ3v) is 7.14. The van der Waals surface area contributed by atoms with Gasteiger partial charge in [-0.1, -0.05) is 86.2 Å². The monoisotopic (exact) mass is 505 g/mol. The Morgan fingerprint density at radius 1 is 1.03 bits per heavy atom. The van der Waals surface area contributed by atoms with E-state index in [9.17, 15) is 9.59 Å². The second-order valence-corrected chi connectivity index (χ2v) is 10.1. The minimum atomic E-state index is -0.716. The minimum Gasteiger partial charge on any atom is -0.481 e. The molecule has 1 fully saturated rings. The molecule has 1 aromatic carbocycles. The van der Waals surface area contributed by atoms with Gasteiger partial charge in [0.05, 0.1) is 9.93 Å². The normalized spacial score (nSPS) is 15.1. The van der Waals surface area contributed by atoms with Crippen LogP contribution in [0.25, 0.3) is 17.4 Å². The first kappa shape index (κ1) is 25.5. The van der Waals surface area contributed by atoms with E-state index < -0.39 is 5.97 Å². The molecule has 1 N–H and O–H groups in total. The number of halogens is 1. The van der Waals surface area contributed by atoms with Gasteiger partial charge in [-0.05, 0) is 37.1 Å². The van der Waals surface area contributed by atoms with Crippen LogP contribution in [-0.2, 0) is 9.59 Å². The van der Waals surface area contributed by atoms with Gasteiger partial charge in [0.15, 0.2) is 0 Å². The number of hydrogen-bond donors (Lipinski definition) is 1. The molecular weight excluding hydrogens is 478 g/mol. The zero-order valence-electron chi connectivity index (χ0n) is 18.4. The first-order chi connectivity index (χ1) is 16.0. The van der Waals surface area contributed by atoms with E-state index in [-0.39, 0.29) is 12.3 Å². The first-order valence-electron chi connectivity index (χ1n) is 11.3. The summed E-state index contributed by atoms with van der Waals surface area (Å²) in [6, 6.07) is 11.1. The van der Waals surface area contributed by atoms with Crippen LogP contribution in [0.15, 0.2) is 45.7 Å². The molecule has 1 aliphatic rings. The number of aliphatic carboxylic acids is 1. The van der Waals surface area contributed by atoms with Crippen LogP contribution in [0.3, 0.4) is 0 Å². The van der Waals surface area contributed by atoms with Crippen LogP contribution in [0.4, 0.5) is 0 Å². The Balaban J connectivity index is 1.41. The lowest BCUT2D eigenvalue weighted by Crippen LogP contribution is -2.28. The SMILES string of the molecule is O=C(O)CCCCCCCCCCN1C(=O)/C(=C\c2ccc(-c3ccccc3Cl)o2)SC1=S. The third kappa shape index (κ3) is 7.73. The van der Waals surface area contributed by atoms with E-state index in [4.69, 9.17) is 33.3 Å². The van der Waals surface area contributed by atoms with E-state index in [0.29, 0.717) is 32.3 Å². The van der Waals surface area contributed by atoms with Crippen LogP contribution >= 0.6 is 35.6 Å². The second-order valence-electron chi connectivity index (χ2n) is 7.99. The molecule has 0 atom stereocenters. The van der Waals surface area contributed by atoms with E-state index in [1.54, 1.807) is 11.0 Å². The summed E-state index contributed by atoms with van der Waals surface area (Å²) in [4.78, 5) is 25.5. The average molecular weight is 506 g/mol. The number of hydrogen-bond acceptors (Lipinski definition) is 5. The highest BCUT2D eigenvalue weighted by Gasteiger charge is 2.31. The molecule has 1 aromatic heterocycles. The minimum absolute atomic E-state index is 0.0703. The van der Waals surface area contributed by atoms with Crippen molar-refractivity contribution in [3.8, 4) is 11.3 Å². The lowest BCUT2D eigenvalue weighted by Gasteiger charge is -2.14. The average Bonchev–Trinajstić information content (AvgIpc) is 3.34. The quantitative estimate of drug-likeness (QED) is 0.174. The summed E-state index contributed by atoms with van der Waals surface area (Å²) in [5, 5.41) is 9.25. The smallest absolute Gasteiger partial charge is 0.303 e. The molecule has 0 unspecified atom stereocenters. The van der Waals surface area contributed by atoms with Gasteiger partial charge in [-0.15, -0.1) is 0 Å². The van der Waals surface area contributed by atoms with E-state index >= 15 is 0 Å². The summed E-state index contributed by atoms with van der Waals surface area (Å²) in [5.74, 6) is 0.462. The van der Waals surface area contributed by atoms with Crippen LogP contribution in [-0.4, -0.2) is 32.7 Å². The van der Waals surface area contributed by atoms with Gasteiger partial charge in [-0.3, -0.25) is 14.5 Å². The van der Waals surface area contributed by atoms with Crippen LogP contribution < -0.4 is 0 Å². The summed E-state index contributed by atoms with van der Waals surface area (Å²) >= 11 is 13.0. The Kier molecular flexibility index (Phi) is 10.0. The van der Waals surface area contributed by atoms with Gasteiger partial charge in [0.25, 0.3) is 5.91 Å². The Hall–Kier alpha value is -2.09. The highest BCUT2D eigenvalue weighted by molar-refractivity contribution is 8.26. The topological polar surface area (TPSA) is 70.8 Å². The van der Waals surface area contributed by atoms with Crippen molar-refractivity contribution in [1.29, 1.82) is 0 Å². The standard InChI is InChI=1S/C25H28ClNO4S2/c26-20-12-9-8-11-19(20)21-15-14-18(31-21)17-22-24(30)27(25(32)33-22)16-10-6-4-2-1-3-5-7-13-23(28)29/h8-9,11-12,14-15,17H,1-7,10,13,16H2,(H,28,29)/b22-17+. The van der Waals surface area contributed by atoms with Gasteiger partial charge in [0, 0.05) is 24.6 Å². The van der Waals surface area contributed by atoms with Gasteiger partial charge in [-0.25, -0.2) is 0 Å². The van der Waals surface area contributed by atoms with Crippen molar-refractivity contribution in [2.24, 2.45) is 0 Å². The molecule has 1 amide bonds. The molecule has 0 radical (unpaired) electrons. The summed E-state index contributed by atoms with van der Waals surface area (Å²) in [6.07, 6.45) is 10.2.